The van der Waals surface area contributed by atoms with Crippen molar-refractivity contribution < 1.29 is 14.3 Å². The Hall–Kier alpha value is -2.70. The molecule has 1 aliphatic heterocycles. The molecule has 28 heavy (non-hydrogen) atoms. The molecule has 3 rings (SSSR count). The molecule has 0 bridgehead atoms. The lowest BCUT2D eigenvalue weighted by molar-refractivity contribution is 0.0342. The Kier molecular flexibility index (Phi) is 7.17. The SMILES string of the molecule is CCOc1ccc(C(C)=NNC(=O)c2ccc(CN3CCOCC3)cc2)cc1. The second kappa shape index (κ2) is 10.0. The van der Waals surface area contributed by atoms with Crippen molar-refractivity contribution in [1.29, 1.82) is 0 Å². The summed E-state index contributed by atoms with van der Waals surface area (Å²) in [7, 11) is 0. The van der Waals surface area contributed by atoms with Crippen molar-refractivity contribution >= 4 is 11.6 Å². The molecule has 1 fully saturated rings. The molecule has 1 N–H and O–H groups in total. The summed E-state index contributed by atoms with van der Waals surface area (Å²) in [6, 6.07) is 15.3. The number of hydrogen-bond acceptors (Lipinski definition) is 5. The van der Waals surface area contributed by atoms with Gasteiger partial charge in [-0.1, -0.05) is 12.1 Å². The molecule has 0 unspecified atom stereocenters. The zero-order valence-electron chi connectivity index (χ0n) is 16.5. The van der Waals surface area contributed by atoms with Crippen LogP contribution in [0.25, 0.3) is 0 Å². The van der Waals surface area contributed by atoms with Crippen LogP contribution in [0, 0.1) is 0 Å². The molecule has 0 spiro atoms. The van der Waals surface area contributed by atoms with Crippen molar-refractivity contribution in [3.63, 3.8) is 0 Å². The van der Waals surface area contributed by atoms with Crippen molar-refractivity contribution in [2.75, 3.05) is 32.9 Å². The monoisotopic (exact) mass is 381 g/mol. The summed E-state index contributed by atoms with van der Waals surface area (Å²) >= 11 is 0. The number of hydrazone groups is 1. The first kappa shape index (κ1) is 20.0. The molecule has 6 heteroatoms. The van der Waals surface area contributed by atoms with Gasteiger partial charge in [0.2, 0.25) is 0 Å². The van der Waals surface area contributed by atoms with Gasteiger partial charge in [-0.25, -0.2) is 5.43 Å². The molecule has 0 aliphatic carbocycles. The summed E-state index contributed by atoms with van der Waals surface area (Å²) in [5.41, 5.74) is 6.08. The van der Waals surface area contributed by atoms with Crippen molar-refractivity contribution in [3.05, 3.63) is 65.2 Å². The molecule has 6 nitrogen and oxygen atoms in total. The van der Waals surface area contributed by atoms with E-state index in [4.69, 9.17) is 9.47 Å². The summed E-state index contributed by atoms with van der Waals surface area (Å²) in [5.74, 6) is 0.600. The fraction of sp³-hybridized carbons (Fsp3) is 0.364. The first-order valence-electron chi connectivity index (χ1n) is 9.62. The second-order valence-corrected chi connectivity index (χ2v) is 6.68. The van der Waals surface area contributed by atoms with Crippen LogP contribution in [0.5, 0.6) is 5.75 Å². The zero-order chi connectivity index (χ0) is 19.8. The van der Waals surface area contributed by atoms with E-state index in [2.05, 4.69) is 15.4 Å². The van der Waals surface area contributed by atoms with Crippen LogP contribution < -0.4 is 10.2 Å². The molecule has 0 aromatic heterocycles. The Morgan fingerprint density at radius 1 is 1.07 bits per heavy atom. The van der Waals surface area contributed by atoms with Crippen LogP contribution in [-0.2, 0) is 11.3 Å². The molecule has 1 heterocycles. The van der Waals surface area contributed by atoms with Gasteiger partial charge < -0.3 is 9.47 Å². The Morgan fingerprint density at radius 3 is 2.36 bits per heavy atom. The first-order chi connectivity index (χ1) is 13.7. The van der Waals surface area contributed by atoms with E-state index in [9.17, 15) is 4.79 Å². The van der Waals surface area contributed by atoms with Gasteiger partial charge in [-0.2, -0.15) is 5.10 Å². The highest BCUT2D eigenvalue weighted by Gasteiger charge is 2.11. The Bertz CT molecular complexity index is 795. The van der Waals surface area contributed by atoms with Crippen LogP contribution in [0.4, 0.5) is 0 Å². The predicted octanol–water partition coefficient (Wildman–Crippen LogP) is 3.07. The molecule has 1 aliphatic rings. The highest BCUT2D eigenvalue weighted by molar-refractivity contribution is 6.00. The summed E-state index contributed by atoms with van der Waals surface area (Å²) < 4.78 is 10.8. The quantitative estimate of drug-likeness (QED) is 0.591. The molecule has 0 atom stereocenters. The Balaban J connectivity index is 1.55. The highest BCUT2D eigenvalue weighted by atomic mass is 16.5. The van der Waals surface area contributed by atoms with Gasteiger partial charge in [0.1, 0.15) is 5.75 Å². The van der Waals surface area contributed by atoms with Gasteiger partial charge in [-0.3, -0.25) is 9.69 Å². The topological polar surface area (TPSA) is 63.2 Å². The van der Waals surface area contributed by atoms with E-state index in [1.165, 1.54) is 5.56 Å². The van der Waals surface area contributed by atoms with Crippen molar-refractivity contribution in [1.82, 2.24) is 10.3 Å². The van der Waals surface area contributed by atoms with Gasteiger partial charge >= 0.3 is 0 Å². The maximum absolute atomic E-state index is 12.4. The van der Waals surface area contributed by atoms with E-state index < -0.39 is 0 Å². The molecule has 1 amide bonds. The fourth-order valence-corrected chi connectivity index (χ4v) is 3.00. The van der Waals surface area contributed by atoms with E-state index in [0.717, 1.165) is 49.9 Å². The van der Waals surface area contributed by atoms with Crippen LogP contribution in [0.1, 0.15) is 35.3 Å². The third kappa shape index (κ3) is 5.65. The average molecular weight is 381 g/mol. The predicted molar refractivity (Wildman–Crippen MR) is 110 cm³/mol. The molecular weight excluding hydrogens is 354 g/mol. The summed E-state index contributed by atoms with van der Waals surface area (Å²) in [6.45, 7) is 8.78. The largest absolute Gasteiger partial charge is 0.494 e. The highest BCUT2D eigenvalue weighted by Crippen LogP contribution is 2.13. The third-order valence-electron chi connectivity index (χ3n) is 4.63. The number of hydrogen-bond donors (Lipinski definition) is 1. The van der Waals surface area contributed by atoms with Crippen molar-refractivity contribution in [2.24, 2.45) is 5.10 Å². The smallest absolute Gasteiger partial charge is 0.271 e. The van der Waals surface area contributed by atoms with Crippen LogP contribution in [0.3, 0.4) is 0 Å². The number of ether oxygens (including phenoxy) is 2. The normalized spacial score (nSPS) is 15.3. The van der Waals surface area contributed by atoms with Gasteiger partial charge in [0.05, 0.1) is 25.5 Å². The fourth-order valence-electron chi connectivity index (χ4n) is 3.00. The zero-order valence-corrected chi connectivity index (χ0v) is 16.5. The van der Waals surface area contributed by atoms with E-state index in [1.54, 1.807) is 0 Å². The first-order valence-corrected chi connectivity index (χ1v) is 9.62. The minimum Gasteiger partial charge on any atom is -0.494 e. The van der Waals surface area contributed by atoms with Crippen LogP contribution in [-0.4, -0.2) is 49.4 Å². The molecule has 0 radical (unpaired) electrons. The Morgan fingerprint density at radius 2 is 1.71 bits per heavy atom. The number of morpholine rings is 1. The van der Waals surface area contributed by atoms with Crippen LogP contribution >= 0.6 is 0 Å². The number of benzene rings is 2. The lowest BCUT2D eigenvalue weighted by Crippen LogP contribution is -2.35. The third-order valence-corrected chi connectivity index (χ3v) is 4.63. The van der Waals surface area contributed by atoms with Crippen molar-refractivity contribution in [3.8, 4) is 5.75 Å². The minimum absolute atomic E-state index is 0.219. The summed E-state index contributed by atoms with van der Waals surface area (Å²) in [4.78, 5) is 14.7. The molecule has 148 valence electrons. The number of nitrogens with zero attached hydrogens (tertiary/aromatic N) is 2. The van der Waals surface area contributed by atoms with E-state index in [1.807, 2.05) is 62.4 Å². The van der Waals surface area contributed by atoms with Crippen LogP contribution in [0.2, 0.25) is 0 Å². The second-order valence-electron chi connectivity index (χ2n) is 6.68. The van der Waals surface area contributed by atoms with Gasteiger partial charge in [-0.15, -0.1) is 0 Å². The van der Waals surface area contributed by atoms with Gasteiger partial charge in [0.15, 0.2) is 0 Å². The van der Waals surface area contributed by atoms with E-state index >= 15 is 0 Å². The number of carbonyl (C=O) groups excluding carboxylic acids is 1. The standard InChI is InChI=1S/C22H27N3O3/c1-3-28-21-10-8-19(9-11-21)17(2)23-24-22(26)20-6-4-18(5-7-20)16-25-12-14-27-15-13-25/h4-11H,3,12-16H2,1-2H3,(H,24,26). The number of nitrogens with one attached hydrogen (secondary N) is 1. The lowest BCUT2D eigenvalue weighted by Gasteiger charge is -2.26. The van der Waals surface area contributed by atoms with Gasteiger partial charge in [0.25, 0.3) is 5.91 Å². The number of amides is 1. The maximum Gasteiger partial charge on any atom is 0.271 e. The number of carbonyl (C=O) groups is 1. The summed E-state index contributed by atoms with van der Waals surface area (Å²) in [6.07, 6.45) is 0. The number of rotatable bonds is 7. The van der Waals surface area contributed by atoms with Crippen molar-refractivity contribution in [2.45, 2.75) is 20.4 Å². The minimum atomic E-state index is -0.219. The molecular formula is C22H27N3O3. The molecule has 0 saturated carbocycles. The lowest BCUT2D eigenvalue weighted by atomic mass is 10.1. The molecule has 1 saturated heterocycles. The van der Waals surface area contributed by atoms with Gasteiger partial charge in [0, 0.05) is 25.2 Å². The summed E-state index contributed by atoms with van der Waals surface area (Å²) in [5, 5.41) is 4.22. The van der Waals surface area contributed by atoms with E-state index in [-0.39, 0.29) is 5.91 Å². The molecule has 2 aromatic carbocycles. The average Bonchev–Trinajstić information content (AvgIpc) is 2.74. The molecule has 2 aromatic rings. The maximum atomic E-state index is 12.4. The van der Waals surface area contributed by atoms with E-state index in [0.29, 0.717) is 12.2 Å². The van der Waals surface area contributed by atoms with Gasteiger partial charge in [-0.05, 0) is 61.4 Å². The van der Waals surface area contributed by atoms with Crippen LogP contribution in [0.15, 0.2) is 53.6 Å². The Labute approximate surface area is 166 Å².